The van der Waals surface area contributed by atoms with Gasteiger partial charge in [0.05, 0.1) is 18.0 Å². The van der Waals surface area contributed by atoms with E-state index in [1.165, 1.54) is 7.05 Å². The molecule has 0 saturated carbocycles. The molecule has 0 unspecified atom stereocenters. The van der Waals surface area contributed by atoms with E-state index in [1.54, 1.807) is 0 Å². The molecule has 5 nitrogen and oxygen atoms in total. The van der Waals surface area contributed by atoms with Crippen LogP contribution in [0.25, 0.3) is 5.82 Å². The Hall–Kier alpha value is -2.19. The Balaban J connectivity index is 2.45. The van der Waals surface area contributed by atoms with Crippen molar-refractivity contribution in [3.8, 4) is 5.82 Å². The summed E-state index contributed by atoms with van der Waals surface area (Å²) in [4.78, 5) is 7.27. The first kappa shape index (κ1) is 12.3. The fraction of sp³-hybridized carbons (Fsp3) is 0.222. The van der Waals surface area contributed by atoms with Crippen LogP contribution in [0.5, 0.6) is 0 Å². The largest absolute Gasteiger partial charge is 0.419 e. The van der Waals surface area contributed by atoms with Crippen LogP contribution in [0.2, 0.25) is 0 Å². The van der Waals surface area contributed by atoms with E-state index in [-0.39, 0.29) is 11.8 Å². The molecular formula is C9H7F4N5. The van der Waals surface area contributed by atoms with Gasteiger partial charge < -0.3 is 5.32 Å². The van der Waals surface area contributed by atoms with Gasteiger partial charge in [0.25, 0.3) is 0 Å². The maximum absolute atomic E-state index is 13.4. The number of aromatic nitrogens is 4. The molecule has 0 fully saturated rings. The molecule has 18 heavy (non-hydrogen) atoms. The topological polar surface area (TPSA) is 55.6 Å². The van der Waals surface area contributed by atoms with Gasteiger partial charge in [-0.2, -0.15) is 23.3 Å². The van der Waals surface area contributed by atoms with Crippen LogP contribution < -0.4 is 5.32 Å². The van der Waals surface area contributed by atoms with Crippen LogP contribution in [0.1, 0.15) is 5.56 Å². The molecule has 0 bridgehead atoms. The second kappa shape index (κ2) is 4.24. The fourth-order valence-electron chi connectivity index (χ4n) is 1.22. The lowest BCUT2D eigenvalue weighted by Gasteiger charge is -2.04. The smallest absolute Gasteiger partial charge is 0.357 e. The Bertz CT molecular complexity index is 562. The van der Waals surface area contributed by atoms with Crippen molar-refractivity contribution in [2.75, 3.05) is 12.4 Å². The summed E-state index contributed by atoms with van der Waals surface area (Å²) in [5.41, 5.74) is -0.980. The summed E-state index contributed by atoms with van der Waals surface area (Å²) >= 11 is 0. The lowest BCUT2D eigenvalue weighted by molar-refractivity contribution is -0.137. The van der Waals surface area contributed by atoms with E-state index in [1.807, 2.05) is 0 Å². The molecule has 0 aliphatic carbocycles. The standard InChI is InChI=1S/C9H7F4N5/c1-14-8-15-3-6(10)7(17-8)18-4-5(2-16-18)9(11,12)13/h2-4H,1H3,(H,14,15,17). The first-order valence-electron chi connectivity index (χ1n) is 4.74. The molecular weight excluding hydrogens is 254 g/mol. The highest BCUT2D eigenvalue weighted by molar-refractivity contribution is 5.32. The van der Waals surface area contributed by atoms with E-state index < -0.39 is 17.6 Å². The average Bonchev–Trinajstić information content (AvgIpc) is 2.78. The Morgan fingerprint density at radius 2 is 2.00 bits per heavy atom. The summed E-state index contributed by atoms with van der Waals surface area (Å²) in [6.07, 6.45) is -2.43. The minimum Gasteiger partial charge on any atom is -0.357 e. The lowest BCUT2D eigenvalue weighted by atomic mass is 10.4. The molecule has 0 spiro atoms. The number of alkyl halides is 3. The van der Waals surface area contributed by atoms with Crippen LogP contribution in [-0.2, 0) is 6.18 Å². The van der Waals surface area contributed by atoms with E-state index in [2.05, 4.69) is 20.4 Å². The van der Waals surface area contributed by atoms with E-state index in [0.29, 0.717) is 17.1 Å². The zero-order valence-corrected chi connectivity index (χ0v) is 9.03. The number of anilines is 1. The zero-order valence-electron chi connectivity index (χ0n) is 9.03. The minimum absolute atomic E-state index is 0.0791. The summed E-state index contributed by atoms with van der Waals surface area (Å²) < 4.78 is 51.2. The first-order valence-corrected chi connectivity index (χ1v) is 4.74. The molecule has 2 aromatic rings. The van der Waals surface area contributed by atoms with Gasteiger partial charge >= 0.3 is 6.18 Å². The lowest BCUT2D eigenvalue weighted by Crippen LogP contribution is -2.07. The Morgan fingerprint density at radius 1 is 1.28 bits per heavy atom. The number of halogens is 4. The van der Waals surface area contributed by atoms with Gasteiger partial charge in [-0.15, -0.1) is 0 Å². The van der Waals surface area contributed by atoms with Gasteiger partial charge in [-0.1, -0.05) is 0 Å². The van der Waals surface area contributed by atoms with Crippen molar-refractivity contribution < 1.29 is 17.6 Å². The van der Waals surface area contributed by atoms with Crippen molar-refractivity contribution in [3.63, 3.8) is 0 Å². The molecule has 2 aromatic heterocycles. The predicted octanol–water partition coefficient (Wildman–Crippen LogP) is 1.86. The number of hydrogen-bond donors (Lipinski definition) is 1. The van der Waals surface area contributed by atoms with Crippen LogP contribution in [0.15, 0.2) is 18.6 Å². The quantitative estimate of drug-likeness (QED) is 0.838. The van der Waals surface area contributed by atoms with Gasteiger partial charge in [-0.25, -0.2) is 14.1 Å². The molecule has 9 heteroatoms. The SMILES string of the molecule is CNc1ncc(F)c(-n2cc(C(F)(F)F)cn2)n1. The number of nitrogens with one attached hydrogen (secondary N) is 1. The van der Waals surface area contributed by atoms with Gasteiger partial charge in [0.2, 0.25) is 5.95 Å². The van der Waals surface area contributed by atoms with Crippen molar-refractivity contribution in [3.05, 3.63) is 30.0 Å². The molecule has 0 aliphatic heterocycles. The van der Waals surface area contributed by atoms with Crippen LogP contribution in [0.3, 0.4) is 0 Å². The molecule has 0 atom stereocenters. The van der Waals surface area contributed by atoms with Crippen molar-refractivity contribution in [2.45, 2.75) is 6.18 Å². The third-order valence-electron chi connectivity index (χ3n) is 2.08. The van der Waals surface area contributed by atoms with Crippen LogP contribution in [0.4, 0.5) is 23.5 Å². The molecule has 0 radical (unpaired) electrons. The van der Waals surface area contributed by atoms with Gasteiger partial charge in [0.15, 0.2) is 11.6 Å². The fourth-order valence-corrected chi connectivity index (χ4v) is 1.22. The summed E-state index contributed by atoms with van der Waals surface area (Å²) in [6.45, 7) is 0. The average molecular weight is 261 g/mol. The highest BCUT2D eigenvalue weighted by Gasteiger charge is 2.32. The van der Waals surface area contributed by atoms with E-state index in [9.17, 15) is 17.6 Å². The number of rotatable bonds is 2. The van der Waals surface area contributed by atoms with Gasteiger partial charge in [-0.05, 0) is 0 Å². The maximum Gasteiger partial charge on any atom is 0.419 e. The second-order valence-electron chi connectivity index (χ2n) is 3.29. The van der Waals surface area contributed by atoms with E-state index >= 15 is 0 Å². The van der Waals surface area contributed by atoms with Crippen molar-refractivity contribution in [1.29, 1.82) is 0 Å². The van der Waals surface area contributed by atoms with Gasteiger partial charge in [0.1, 0.15) is 0 Å². The molecule has 2 rings (SSSR count). The molecule has 1 N–H and O–H groups in total. The molecule has 0 saturated heterocycles. The monoisotopic (exact) mass is 261 g/mol. The van der Waals surface area contributed by atoms with E-state index in [0.717, 1.165) is 6.20 Å². The third kappa shape index (κ3) is 2.24. The maximum atomic E-state index is 13.4. The zero-order chi connectivity index (χ0) is 13.3. The summed E-state index contributed by atoms with van der Waals surface area (Å²) in [5.74, 6) is -1.15. The summed E-state index contributed by atoms with van der Waals surface area (Å²) in [5, 5.41) is 5.98. The Morgan fingerprint density at radius 3 is 2.56 bits per heavy atom. The van der Waals surface area contributed by atoms with Gasteiger partial charge in [0, 0.05) is 13.2 Å². The summed E-state index contributed by atoms with van der Waals surface area (Å²) in [6, 6.07) is 0. The number of hydrogen-bond acceptors (Lipinski definition) is 4. The Labute approximate surface area is 98.5 Å². The molecule has 96 valence electrons. The molecule has 0 amide bonds. The van der Waals surface area contributed by atoms with Crippen LogP contribution in [0, 0.1) is 5.82 Å². The Kier molecular flexibility index (Phi) is 2.89. The van der Waals surface area contributed by atoms with E-state index in [4.69, 9.17) is 0 Å². The van der Waals surface area contributed by atoms with Crippen molar-refractivity contribution in [2.24, 2.45) is 0 Å². The normalized spacial score (nSPS) is 11.6. The van der Waals surface area contributed by atoms with Crippen molar-refractivity contribution >= 4 is 5.95 Å². The van der Waals surface area contributed by atoms with Gasteiger partial charge in [-0.3, -0.25) is 0 Å². The predicted molar refractivity (Wildman–Crippen MR) is 53.7 cm³/mol. The van der Waals surface area contributed by atoms with Crippen LogP contribution in [-0.4, -0.2) is 26.8 Å². The number of nitrogens with zero attached hydrogens (tertiary/aromatic N) is 4. The summed E-state index contributed by atoms with van der Waals surface area (Å²) in [7, 11) is 1.50. The van der Waals surface area contributed by atoms with Crippen LogP contribution >= 0.6 is 0 Å². The third-order valence-corrected chi connectivity index (χ3v) is 2.08. The molecule has 0 aliphatic rings. The highest BCUT2D eigenvalue weighted by atomic mass is 19.4. The molecule has 2 heterocycles. The molecule has 0 aromatic carbocycles. The van der Waals surface area contributed by atoms with Crippen molar-refractivity contribution in [1.82, 2.24) is 19.7 Å². The second-order valence-corrected chi connectivity index (χ2v) is 3.29. The first-order chi connectivity index (χ1) is 8.41. The highest BCUT2D eigenvalue weighted by Crippen LogP contribution is 2.29. The minimum atomic E-state index is -4.53.